The van der Waals surface area contributed by atoms with Crippen molar-refractivity contribution in [2.75, 3.05) is 11.4 Å². The molecule has 1 aliphatic heterocycles. The molecule has 1 fully saturated rings. The fourth-order valence-electron chi connectivity index (χ4n) is 4.10. The number of nitrogens with zero attached hydrogens (tertiary/aromatic N) is 5. The Morgan fingerprint density at radius 1 is 1.19 bits per heavy atom. The standard InChI is InChI=1S/C21H27N5/c1-4-8-17-13-20(26-21(24-17)22-14-23-26)25-12-6-5-11-19(25)18-10-7-9-15(2)16(18)3/h7,9-10,13-14,19H,4-6,8,11-12H2,1-3H3/t19-/m1/s1. The Morgan fingerprint density at radius 3 is 2.92 bits per heavy atom. The van der Waals surface area contributed by atoms with E-state index in [1.807, 2.05) is 4.52 Å². The highest BCUT2D eigenvalue weighted by atomic mass is 15.4. The zero-order valence-corrected chi connectivity index (χ0v) is 15.9. The molecule has 0 spiro atoms. The third kappa shape index (κ3) is 2.96. The molecule has 5 nitrogen and oxygen atoms in total. The normalized spacial score (nSPS) is 17.8. The fourth-order valence-corrected chi connectivity index (χ4v) is 4.10. The molecular weight excluding hydrogens is 322 g/mol. The molecule has 1 saturated heterocycles. The molecule has 1 aliphatic rings. The molecule has 3 aromatic rings. The van der Waals surface area contributed by atoms with Crippen LogP contribution in [0.4, 0.5) is 5.82 Å². The average Bonchev–Trinajstić information content (AvgIpc) is 3.12. The Morgan fingerprint density at radius 2 is 2.08 bits per heavy atom. The van der Waals surface area contributed by atoms with Gasteiger partial charge >= 0.3 is 0 Å². The monoisotopic (exact) mass is 349 g/mol. The van der Waals surface area contributed by atoms with Crippen molar-refractivity contribution in [1.82, 2.24) is 19.6 Å². The van der Waals surface area contributed by atoms with Crippen LogP contribution in [0.15, 0.2) is 30.6 Å². The number of rotatable bonds is 4. The SMILES string of the molecule is CCCc1cc(N2CCCC[C@@H]2c2cccc(C)c2C)n2ncnc2n1. The van der Waals surface area contributed by atoms with E-state index in [2.05, 4.69) is 65.0 Å². The molecule has 1 aromatic carbocycles. The molecule has 26 heavy (non-hydrogen) atoms. The maximum absolute atomic E-state index is 4.67. The minimum atomic E-state index is 0.382. The lowest BCUT2D eigenvalue weighted by Crippen LogP contribution is -2.35. The van der Waals surface area contributed by atoms with Crippen LogP contribution in [-0.4, -0.2) is 26.1 Å². The lowest BCUT2D eigenvalue weighted by atomic mass is 9.90. The first-order chi connectivity index (χ1) is 12.7. The van der Waals surface area contributed by atoms with Crippen molar-refractivity contribution in [3.8, 4) is 0 Å². The molecule has 0 N–H and O–H groups in total. The molecule has 0 radical (unpaired) electrons. The zero-order chi connectivity index (χ0) is 18.1. The van der Waals surface area contributed by atoms with E-state index in [1.165, 1.54) is 36.0 Å². The molecule has 0 bridgehead atoms. The van der Waals surface area contributed by atoms with E-state index in [4.69, 9.17) is 0 Å². The van der Waals surface area contributed by atoms with Gasteiger partial charge in [0.15, 0.2) is 0 Å². The number of hydrogen-bond acceptors (Lipinski definition) is 4. The number of piperidine rings is 1. The quantitative estimate of drug-likeness (QED) is 0.699. The van der Waals surface area contributed by atoms with Gasteiger partial charge in [0.1, 0.15) is 12.1 Å². The van der Waals surface area contributed by atoms with E-state index in [0.29, 0.717) is 11.8 Å². The van der Waals surface area contributed by atoms with Crippen molar-refractivity contribution < 1.29 is 0 Å². The minimum Gasteiger partial charge on any atom is -0.349 e. The van der Waals surface area contributed by atoms with Gasteiger partial charge in [-0.1, -0.05) is 31.5 Å². The van der Waals surface area contributed by atoms with Gasteiger partial charge in [0.25, 0.3) is 5.78 Å². The third-order valence-corrected chi connectivity index (χ3v) is 5.59. The second-order valence-corrected chi connectivity index (χ2v) is 7.32. The molecule has 5 heteroatoms. The summed E-state index contributed by atoms with van der Waals surface area (Å²) in [5, 5.41) is 4.46. The predicted molar refractivity (Wildman–Crippen MR) is 105 cm³/mol. The molecule has 0 saturated carbocycles. The summed E-state index contributed by atoms with van der Waals surface area (Å²) in [6.07, 6.45) is 7.31. The van der Waals surface area contributed by atoms with E-state index in [9.17, 15) is 0 Å². The van der Waals surface area contributed by atoms with Crippen molar-refractivity contribution in [3.63, 3.8) is 0 Å². The van der Waals surface area contributed by atoms with Gasteiger partial charge in [-0.2, -0.15) is 14.6 Å². The van der Waals surface area contributed by atoms with Crippen LogP contribution in [0.1, 0.15) is 61.0 Å². The van der Waals surface area contributed by atoms with Gasteiger partial charge < -0.3 is 4.90 Å². The highest BCUT2D eigenvalue weighted by Crippen LogP contribution is 2.37. The molecule has 136 valence electrons. The summed E-state index contributed by atoms with van der Waals surface area (Å²) in [6.45, 7) is 7.68. The largest absolute Gasteiger partial charge is 0.349 e. The van der Waals surface area contributed by atoms with E-state index >= 15 is 0 Å². The van der Waals surface area contributed by atoms with Gasteiger partial charge in [-0.05, 0) is 56.2 Å². The highest BCUT2D eigenvalue weighted by molar-refractivity contribution is 5.51. The van der Waals surface area contributed by atoms with Gasteiger partial charge in [0.2, 0.25) is 0 Å². The fraction of sp³-hybridized carbons (Fsp3) is 0.476. The summed E-state index contributed by atoms with van der Waals surface area (Å²) in [6, 6.07) is 9.28. The Bertz CT molecular complexity index is 914. The average molecular weight is 349 g/mol. The van der Waals surface area contributed by atoms with Gasteiger partial charge in [-0.25, -0.2) is 4.98 Å². The summed E-state index contributed by atoms with van der Waals surface area (Å²) in [4.78, 5) is 11.6. The second kappa shape index (κ2) is 7.06. The van der Waals surface area contributed by atoms with Gasteiger partial charge in [-0.15, -0.1) is 0 Å². The van der Waals surface area contributed by atoms with Crippen molar-refractivity contribution in [2.24, 2.45) is 0 Å². The number of anilines is 1. The maximum Gasteiger partial charge on any atom is 0.254 e. The highest BCUT2D eigenvalue weighted by Gasteiger charge is 2.28. The number of benzene rings is 1. The lowest BCUT2D eigenvalue weighted by Gasteiger charge is -2.38. The van der Waals surface area contributed by atoms with Crippen molar-refractivity contribution >= 4 is 11.6 Å². The summed E-state index contributed by atoms with van der Waals surface area (Å²) in [5.41, 5.74) is 5.31. The number of hydrogen-bond donors (Lipinski definition) is 0. The van der Waals surface area contributed by atoms with Crippen LogP contribution >= 0.6 is 0 Å². The number of aromatic nitrogens is 4. The van der Waals surface area contributed by atoms with Crippen LogP contribution in [0, 0.1) is 13.8 Å². The van der Waals surface area contributed by atoms with E-state index in [-0.39, 0.29) is 0 Å². The van der Waals surface area contributed by atoms with Crippen molar-refractivity contribution in [3.05, 3.63) is 53.0 Å². The summed E-state index contributed by atoms with van der Waals surface area (Å²) in [7, 11) is 0. The first-order valence-corrected chi connectivity index (χ1v) is 9.71. The van der Waals surface area contributed by atoms with Crippen LogP contribution in [-0.2, 0) is 6.42 Å². The Labute approximate surface area is 155 Å². The molecule has 4 rings (SSSR count). The Balaban J connectivity index is 1.83. The smallest absolute Gasteiger partial charge is 0.254 e. The summed E-state index contributed by atoms with van der Waals surface area (Å²) >= 11 is 0. The first-order valence-electron chi connectivity index (χ1n) is 9.71. The van der Waals surface area contributed by atoms with Crippen molar-refractivity contribution in [1.29, 1.82) is 0 Å². The second-order valence-electron chi connectivity index (χ2n) is 7.32. The maximum atomic E-state index is 4.67. The Hall–Kier alpha value is -2.43. The minimum absolute atomic E-state index is 0.382. The summed E-state index contributed by atoms with van der Waals surface area (Å²) < 4.78 is 1.91. The van der Waals surface area contributed by atoms with Gasteiger partial charge in [0.05, 0.1) is 6.04 Å². The Kier molecular flexibility index (Phi) is 4.62. The van der Waals surface area contributed by atoms with Crippen molar-refractivity contribution in [2.45, 2.75) is 58.9 Å². The van der Waals surface area contributed by atoms with Gasteiger partial charge in [0, 0.05) is 18.3 Å². The zero-order valence-electron chi connectivity index (χ0n) is 15.9. The van der Waals surface area contributed by atoms with E-state index in [1.54, 1.807) is 6.33 Å². The molecule has 0 amide bonds. The lowest BCUT2D eigenvalue weighted by molar-refractivity contribution is 0.464. The third-order valence-electron chi connectivity index (χ3n) is 5.59. The van der Waals surface area contributed by atoms with Crippen LogP contribution in [0.5, 0.6) is 0 Å². The molecule has 2 aromatic heterocycles. The topological polar surface area (TPSA) is 46.3 Å². The summed E-state index contributed by atoms with van der Waals surface area (Å²) in [5.74, 6) is 1.83. The number of aryl methyl sites for hydroxylation is 2. The van der Waals surface area contributed by atoms with Crippen LogP contribution in [0.25, 0.3) is 5.78 Å². The predicted octanol–water partition coefficient (Wildman–Crippen LogP) is 4.43. The van der Waals surface area contributed by atoms with Crippen LogP contribution < -0.4 is 4.90 Å². The number of fused-ring (bicyclic) bond motifs is 1. The van der Waals surface area contributed by atoms with E-state index < -0.39 is 0 Å². The van der Waals surface area contributed by atoms with Gasteiger partial charge in [-0.3, -0.25) is 0 Å². The molecule has 0 aliphatic carbocycles. The first kappa shape index (κ1) is 17.0. The molecule has 1 atom stereocenters. The molecule has 0 unspecified atom stereocenters. The molecule has 3 heterocycles. The van der Waals surface area contributed by atoms with E-state index in [0.717, 1.165) is 30.9 Å². The van der Waals surface area contributed by atoms with Crippen LogP contribution in [0.2, 0.25) is 0 Å². The molecular formula is C21H27N5. The van der Waals surface area contributed by atoms with Crippen LogP contribution in [0.3, 0.4) is 0 Å².